The van der Waals surface area contributed by atoms with E-state index in [0.29, 0.717) is 18.6 Å². The predicted molar refractivity (Wildman–Crippen MR) is 74.4 cm³/mol. The van der Waals surface area contributed by atoms with Crippen molar-refractivity contribution in [2.45, 2.75) is 30.2 Å². The minimum Gasteiger partial charge on any atom is -0.314 e. The van der Waals surface area contributed by atoms with Crippen molar-refractivity contribution in [3.8, 4) is 0 Å². The molecule has 2 N–H and O–H groups in total. The summed E-state index contributed by atoms with van der Waals surface area (Å²) in [6.07, 6.45) is 2.50. The van der Waals surface area contributed by atoms with E-state index >= 15 is 0 Å². The van der Waals surface area contributed by atoms with E-state index in [1.807, 2.05) is 0 Å². The largest absolute Gasteiger partial charge is 0.314 e. The Morgan fingerprint density at radius 1 is 1.24 bits per heavy atom. The van der Waals surface area contributed by atoms with Crippen molar-refractivity contribution in [2.24, 2.45) is 0 Å². The zero-order valence-electron chi connectivity index (χ0n) is 11.0. The average Bonchev–Trinajstić information content (AvgIpc) is 2.79. The topological polar surface area (TPSA) is 58.2 Å². The molecule has 1 fully saturated rings. The maximum Gasteiger partial charge on any atom is 0.246 e. The Morgan fingerprint density at radius 2 is 1.86 bits per heavy atom. The summed E-state index contributed by atoms with van der Waals surface area (Å²) in [5.41, 5.74) is 0. The van der Waals surface area contributed by atoms with Crippen molar-refractivity contribution in [3.63, 3.8) is 0 Å². The normalized spacial score (nSPS) is 18.5. The molecule has 1 atom stereocenters. The fraction of sp³-hybridized carbons (Fsp3) is 0.500. The van der Waals surface area contributed by atoms with Crippen molar-refractivity contribution >= 4 is 22.4 Å². The van der Waals surface area contributed by atoms with Crippen LogP contribution in [0.15, 0.2) is 17.0 Å². The van der Waals surface area contributed by atoms with Gasteiger partial charge in [0.05, 0.1) is 0 Å². The molecule has 0 saturated carbocycles. The van der Waals surface area contributed by atoms with Gasteiger partial charge >= 0.3 is 0 Å². The van der Waals surface area contributed by atoms with Gasteiger partial charge in [-0.15, -0.1) is 12.4 Å². The Morgan fingerprint density at radius 3 is 2.38 bits per heavy atom. The van der Waals surface area contributed by atoms with Crippen LogP contribution >= 0.6 is 12.4 Å². The lowest BCUT2D eigenvalue weighted by atomic mass is 10.2. The number of benzene rings is 1. The van der Waals surface area contributed by atoms with Crippen molar-refractivity contribution in [1.82, 2.24) is 10.0 Å². The van der Waals surface area contributed by atoms with E-state index in [2.05, 4.69) is 10.0 Å². The Balaban J connectivity index is 0.00000220. The number of sulfonamides is 1. The summed E-state index contributed by atoms with van der Waals surface area (Å²) in [4.78, 5) is -1.14. The first-order chi connectivity index (χ1) is 9.40. The maximum absolute atomic E-state index is 13.4. The monoisotopic (exact) mass is 344 g/mol. The molecule has 0 bridgehead atoms. The fourth-order valence-electron chi connectivity index (χ4n) is 2.23. The number of nitrogens with one attached hydrogen (secondary N) is 2. The summed E-state index contributed by atoms with van der Waals surface area (Å²) >= 11 is 0. The Hall–Kier alpha value is -0.830. The van der Waals surface area contributed by atoms with Gasteiger partial charge in [-0.3, -0.25) is 0 Å². The SMILES string of the molecule is Cl.O=S(=O)(NCC[C@H]1CCCN1)c1c(F)cc(F)cc1F. The van der Waals surface area contributed by atoms with Crippen LogP contribution in [0.3, 0.4) is 0 Å². The van der Waals surface area contributed by atoms with E-state index < -0.39 is 32.4 Å². The first-order valence-corrected chi connectivity index (χ1v) is 7.76. The van der Waals surface area contributed by atoms with E-state index in [-0.39, 0.29) is 25.0 Å². The molecule has 1 saturated heterocycles. The molecule has 0 radical (unpaired) electrons. The highest BCUT2D eigenvalue weighted by molar-refractivity contribution is 7.89. The lowest BCUT2D eigenvalue weighted by Gasteiger charge is -2.12. The summed E-state index contributed by atoms with van der Waals surface area (Å²) in [5, 5.41) is 3.18. The molecule has 1 aliphatic heterocycles. The molecule has 0 spiro atoms. The molecule has 0 amide bonds. The van der Waals surface area contributed by atoms with Crippen LogP contribution in [-0.2, 0) is 10.0 Å². The molecule has 0 unspecified atom stereocenters. The Bertz CT molecular complexity index is 569. The van der Waals surface area contributed by atoms with Crippen LogP contribution in [0, 0.1) is 17.5 Å². The molecular weight excluding hydrogens is 329 g/mol. The van der Waals surface area contributed by atoms with Gasteiger partial charge in [-0.2, -0.15) is 0 Å². The molecule has 21 heavy (non-hydrogen) atoms. The number of rotatable bonds is 5. The molecule has 120 valence electrons. The average molecular weight is 345 g/mol. The van der Waals surface area contributed by atoms with Gasteiger partial charge in [0.25, 0.3) is 0 Å². The highest BCUT2D eigenvalue weighted by Crippen LogP contribution is 2.20. The van der Waals surface area contributed by atoms with Gasteiger partial charge in [0.15, 0.2) is 4.90 Å². The van der Waals surface area contributed by atoms with E-state index in [0.717, 1.165) is 19.4 Å². The van der Waals surface area contributed by atoms with Crippen LogP contribution in [0.1, 0.15) is 19.3 Å². The lowest BCUT2D eigenvalue weighted by molar-refractivity contribution is 0.491. The van der Waals surface area contributed by atoms with Crippen molar-refractivity contribution in [1.29, 1.82) is 0 Å². The third kappa shape index (κ3) is 4.57. The van der Waals surface area contributed by atoms with Gasteiger partial charge in [-0.25, -0.2) is 26.3 Å². The second-order valence-electron chi connectivity index (χ2n) is 4.68. The first-order valence-electron chi connectivity index (χ1n) is 6.28. The van der Waals surface area contributed by atoms with Gasteiger partial charge in [-0.05, 0) is 25.8 Å². The van der Waals surface area contributed by atoms with Crippen LogP contribution in [0.5, 0.6) is 0 Å². The highest BCUT2D eigenvalue weighted by Gasteiger charge is 2.25. The van der Waals surface area contributed by atoms with Gasteiger partial charge in [0.2, 0.25) is 10.0 Å². The summed E-state index contributed by atoms with van der Waals surface area (Å²) in [6, 6.07) is 0.896. The maximum atomic E-state index is 13.4. The minimum absolute atomic E-state index is 0. The Labute approximate surface area is 127 Å². The zero-order chi connectivity index (χ0) is 14.8. The third-order valence-electron chi connectivity index (χ3n) is 3.18. The molecule has 9 heteroatoms. The molecule has 0 aromatic heterocycles. The highest BCUT2D eigenvalue weighted by atomic mass is 35.5. The quantitative estimate of drug-likeness (QED) is 0.858. The van der Waals surface area contributed by atoms with Crippen molar-refractivity contribution < 1.29 is 21.6 Å². The van der Waals surface area contributed by atoms with Gasteiger partial charge in [-0.1, -0.05) is 0 Å². The van der Waals surface area contributed by atoms with Crippen LogP contribution in [0.4, 0.5) is 13.2 Å². The molecule has 0 aliphatic carbocycles. The van der Waals surface area contributed by atoms with E-state index in [9.17, 15) is 21.6 Å². The molecular formula is C12H16ClF3N2O2S. The predicted octanol–water partition coefficient (Wildman–Crippen LogP) is 1.95. The van der Waals surface area contributed by atoms with Gasteiger partial charge in [0, 0.05) is 24.7 Å². The van der Waals surface area contributed by atoms with Gasteiger partial charge in [0.1, 0.15) is 17.5 Å². The zero-order valence-corrected chi connectivity index (χ0v) is 12.7. The van der Waals surface area contributed by atoms with Crippen LogP contribution in [0.25, 0.3) is 0 Å². The van der Waals surface area contributed by atoms with Crippen molar-refractivity contribution in [3.05, 3.63) is 29.6 Å². The summed E-state index contributed by atoms with van der Waals surface area (Å²) in [7, 11) is -4.32. The fourth-order valence-corrected chi connectivity index (χ4v) is 3.39. The smallest absolute Gasteiger partial charge is 0.246 e. The third-order valence-corrected chi connectivity index (χ3v) is 4.69. The van der Waals surface area contributed by atoms with Crippen LogP contribution in [-0.4, -0.2) is 27.5 Å². The molecule has 1 aromatic carbocycles. The minimum atomic E-state index is -4.32. The number of hydrogen-bond acceptors (Lipinski definition) is 3. The molecule has 1 heterocycles. The van der Waals surface area contributed by atoms with Gasteiger partial charge < -0.3 is 5.32 Å². The second-order valence-corrected chi connectivity index (χ2v) is 6.38. The van der Waals surface area contributed by atoms with E-state index in [1.165, 1.54) is 0 Å². The van der Waals surface area contributed by atoms with Crippen LogP contribution in [0.2, 0.25) is 0 Å². The molecule has 1 aromatic rings. The summed E-state index contributed by atoms with van der Waals surface area (Å²) in [5.74, 6) is -4.03. The molecule has 1 aliphatic rings. The standard InChI is InChI=1S/C12H15F3N2O2S.ClH/c13-8-6-10(14)12(11(15)7-8)20(18,19)17-5-3-9-2-1-4-16-9;/h6-7,9,16-17H,1-5H2;1H/t9-;/m1./s1. The van der Waals surface area contributed by atoms with Crippen LogP contribution < -0.4 is 10.0 Å². The molecule has 2 rings (SSSR count). The number of halogens is 4. The summed E-state index contributed by atoms with van der Waals surface area (Å²) < 4.78 is 65.4. The first kappa shape index (κ1) is 18.2. The van der Waals surface area contributed by atoms with E-state index in [4.69, 9.17) is 0 Å². The Kier molecular flexibility index (Phi) is 6.45. The number of hydrogen-bond donors (Lipinski definition) is 2. The van der Waals surface area contributed by atoms with Crippen molar-refractivity contribution in [2.75, 3.05) is 13.1 Å². The molecule has 4 nitrogen and oxygen atoms in total. The second kappa shape index (κ2) is 7.44. The van der Waals surface area contributed by atoms with E-state index in [1.54, 1.807) is 0 Å². The lowest BCUT2D eigenvalue weighted by Crippen LogP contribution is -2.31. The summed E-state index contributed by atoms with van der Waals surface area (Å²) in [6.45, 7) is 0.953.